The highest BCUT2D eigenvalue weighted by Crippen LogP contribution is 2.38. The predicted octanol–water partition coefficient (Wildman–Crippen LogP) is 3.69. The molecular weight excluding hydrogens is 426 g/mol. The molecular formula is C21H20ClN3O4S. The number of rotatable bonds is 3. The van der Waals surface area contributed by atoms with Crippen LogP contribution in [-0.4, -0.2) is 62.3 Å². The highest BCUT2D eigenvalue weighted by atomic mass is 35.5. The van der Waals surface area contributed by atoms with Gasteiger partial charge in [0.25, 0.3) is 5.91 Å². The summed E-state index contributed by atoms with van der Waals surface area (Å²) in [5, 5.41) is 1.47. The second kappa shape index (κ2) is 7.85. The highest BCUT2D eigenvalue weighted by molar-refractivity contribution is 7.22. The van der Waals surface area contributed by atoms with E-state index in [-0.39, 0.29) is 5.91 Å². The fraction of sp³-hybridized carbons (Fsp3) is 0.333. The van der Waals surface area contributed by atoms with Crippen molar-refractivity contribution in [1.29, 1.82) is 0 Å². The monoisotopic (exact) mass is 445 g/mol. The number of fused-ring (bicyclic) bond motifs is 2. The van der Waals surface area contributed by atoms with E-state index >= 15 is 0 Å². The highest BCUT2D eigenvalue weighted by Gasteiger charge is 2.26. The van der Waals surface area contributed by atoms with Crippen LogP contribution in [0.2, 0.25) is 5.02 Å². The van der Waals surface area contributed by atoms with E-state index in [0.29, 0.717) is 67.2 Å². The Morgan fingerprint density at radius 2 is 1.87 bits per heavy atom. The standard InChI is InChI=1S/C21H20ClN3O4S/c1-27-19-14(22)3-5-17-18(19)23-21(30-17)25-8-6-24(7-9-25)20(26)13-2-4-15-16(12-13)29-11-10-28-15/h2-5,12H,6-11H2,1H3. The molecule has 0 unspecified atom stereocenters. The Hall–Kier alpha value is -2.71. The molecule has 7 nitrogen and oxygen atoms in total. The average molecular weight is 446 g/mol. The van der Waals surface area contributed by atoms with Crippen LogP contribution < -0.4 is 19.1 Å². The summed E-state index contributed by atoms with van der Waals surface area (Å²) < 4.78 is 17.6. The molecule has 30 heavy (non-hydrogen) atoms. The van der Waals surface area contributed by atoms with Crippen molar-refractivity contribution in [3.05, 3.63) is 40.9 Å². The number of hydrogen-bond donors (Lipinski definition) is 0. The molecule has 2 aliphatic rings. The van der Waals surface area contributed by atoms with E-state index in [1.807, 2.05) is 17.0 Å². The van der Waals surface area contributed by atoms with Gasteiger partial charge in [0.05, 0.1) is 16.8 Å². The van der Waals surface area contributed by atoms with Gasteiger partial charge in [-0.05, 0) is 30.3 Å². The van der Waals surface area contributed by atoms with E-state index in [4.69, 9.17) is 30.8 Å². The lowest BCUT2D eigenvalue weighted by Crippen LogP contribution is -2.48. The van der Waals surface area contributed by atoms with Gasteiger partial charge in [-0.25, -0.2) is 4.98 Å². The van der Waals surface area contributed by atoms with Gasteiger partial charge in [0.2, 0.25) is 0 Å². The second-order valence-electron chi connectivity index (χ2n) is 7.06. The number of hydrogen-bond acceptors (Lipinski definition) is 7. The minimum atomic E-state index is 0.00405. The number of nitrogens with zero attached hydrogens (tertiary/aromatic N) is 3. The molecule has 0 aliphatic carbocycles. The van der Waals surface area contributed by atoms with Crippen molar-refractivity contribution >= 4 is 44.2 Å². The maximum atomic E-state index is 13.0. The molecule has 0 N–H and O–H groups in total. The van der Waals surface area contributed by atoms with Gasteiger partial charge in [-0.15, -0.1) is 0 Å². The summed E-state index contributed by atoms with van der Waals surface area (Å²) in [4.78, 5) is 21.8. The molecule has 0 radical (unpaired) electrons. The van der Waals surface area contributed by atoms with Gasteiger partial charge in [-0.3, -0.25) is 4.79 Å². The van der Waals surface area contributed by atoms with Crippen molar-refractivity contribution in [3.63, 3.8) is 0 Å². The number of amides is 1. The normalized spacial score (nSPS) is 16.1. The van der Waals surface area contributed by atoms with Gasteiger partial charge >= 0.3 is 0 Å². The van der Waals surface area contributed by atoms with Crippen molar-refractivity contribution in [2.75, 3.05) is 51.4 Å². The minimum Gasteiger partial charge on any atom is -0.493 e. The molecule has 0 spiro atoms. The molecule has 2 aliphatic heterocycles. The number of methoxy groups -OCH3 is 1. The smallest absolute Gasteiger partial charge is 0.254 e. The van der Waals surface area contributed by atoms with Crippen LogP contribution in [-0.2, 0) is 0 Å². The van der Waals surface area contributed by atoms with E-state index in [1.165, 1.54) is 0 Å². The maximum absolute atomic E-state index is 13.0. The molecule has 1 saturated heterocycles. The first-order valence-corrected chi connectivity index (χ1v) is 10.9. The lowest BCUT2D eigenvalue weighted by molar-refractivity contribution is 0.0745. The van der Waals surface area contributed by atoms with E-state index in [2.05, 4.69) is 4.90 Å². The van der Waals surface area contributed by atoms with Crippen molar-refractivity contribution in [2.45, 2.75) is 0 Å². The Morgan fingerprint density at radius 1 is 1.10 bits per heavy atom. The van der Waals surface area contributed by atoms with Gasteiger partial charge in [0, 0.05) is 31.7 Å². The summed E-state index contributed by atoms with van der Waals surface area (Å²) in [5.74, 6) is 1.93. The first-order valence-electron chi connectivity index (χ1n) is 9.71. The van der Waals surface area contributed by atoms with Gasteiger partial charge in [-0.2, -0.15) is 0 Å². The average Bonchev–Trinajstić information content (AvgIpc) is 3.22. The first-order chi connectivity index (χ1) is 14.6. The minimum absolute atomic E-state index is 0.00405. The molecule has 1 fully saturated rings. The number of carbonyl (C=O) groups is 1. The van der Waals surface area contributed by atoms with Crippen LogP contribution in [0.4, 0.5) is 5.13 Å². The van der Waals surface area contributed by atoms with Crippen molar-refractivity contribution in [3.8, 4) is 17.2 Å². The third-order valence-electron chi connectivity index (χ3n) is 5.29. The van der Waals surface area contributed by atoms with Crippen LogP contribution in [0.15, 0.2) is 30.3 Å². The molecule has 0 bridgehead atoms. The molecule has 5 rings (SSSR count). The van der Waals surface area contributed by atoms with Crippen molar-refractivity contribution in [2.24, 2.45) is 0 Å². The third kappa shape index (κ3) is 3.40. The fourth-order valence-electron chi connectivity index (χ4n) is 3.72. The largest absolute Gasteiger partial charge is 0.493 e. The van der Waals surface area contributed by atoms with Gasteiger partial charge in [-0.1, -0.05) is 22.9 Å². The number of aromatic nitrogens is 1. The molecule has 1 aromatic heterocycles. The number of anilines is 1. The number of carbonyl (C=O) groups excluding carboxylic acids is 1. The molecule has 9 heteroatoms. The number of benzene rings is 2. The molecule has 1 amide bonds. The van der Waals surface area contributed by atoms with Crippen LogP contribution in [0.5, 0.6) is 17.2 Å². The molecule has 0 saturated carbocycles. The van der Waals surface area contributed by atoms with E-state index in [9.17, 15) is 4.79 Å². The van der Waals surface area contributed by atoms with E-state index in [0.717, 1.165) is 15.3 Å². The quantitative estimate of drug-likeness (QED) is 0.612. The maximum Gasteiger partial charge on any atom is 0.254 e. The molecule has 0 atom stereocenters. The number of thiazole rings is 1. The van der Waals surface area contributed by atoms with Gasteiger partial charge in [0.1, 0.15) is 18.7 Å². The first kappa shape index (κ1) is 19.3. The topological polar surface area (TPSA) is 64.1 Å². The second-order valence-corrected chi connectivity index (χ2v) is 8.48. The fourth-order valence-corrected chi connectivity index (χ4v) is 4.97. The Balaban J connectivity index is 1.29. The summed E-state index contributed by atoms with van der Waals surface area (Å²) in [7, 11) is 1.60. The lowest BCUT2D eigenvalue weighted by Gasteiger charge is -2.34. The molecule has 2 aromatic carbocycles. The summed E-state index contributed by atoms with van der Waals surface area (Å²) in [6.07, 6.45) is 0. The van der Waals surface area contributed by atoms with Gasteiger partial charge in [0.15, 0.2) is 22.4 Å². The SMILES string of the molecule is COc1c(Cl)ccc2sc(N3CCN(C(=O)c4ccc5c(c4)OCCO5)CC3)nc12. The zero-order chi connectivity index (χ0) is 20.7. The van der Waals surface area contributed by atoms with E-state index in [1.54, 1.807) is 36.6 Å². The Kier molecular flexibility index (Phi) is 5.04. The molecule has 3 heterocycles. The van der Waals surface area contributed by atoms with Gasteiger partial charge < -0.3 is 24.0 Å². The Morgan fingerprint density at radius 3 is 2.63 bits per heavy atom. The van der Waals surface area contributed by atoms with Crippen LogP contribution in [0.3, 0.4) is 0 Å². The Bertz CT molecular complexity index is 1110. The van der Waals surface area contributed by atoms with Crippen molar-refractivity contribution < 1.29 is 19.0 Å². The summed E-state index contributed by atoms with van der Waals surface area (Å²) in [5.41, 5.74) is 1.40. The summed E-state index contributed by atoms with van der Waals surface area (Å²) in [6.45, 7) is 3.72. The predicted molar refractivity (Wildman–Crippen MR) is 117 cm³/mol. The van der Waals surface area contributed by atoms with Crippen LogP contribution >= 0.6 is 22.9 Å². The van der Waals surface area contributed by atoms with Crippen LogP contribution in [0.1, 0.15) is 10.4 Å². The Labute approximate surface area is 182 Å². The zero-order valence-corrected chi connectivity index (χ0v) is 18.0. The number of piperazine rings is 1. The molecule has 3 aromatic rings. The summed E-state index contributed by atoms with van der Waals surface area (Å²) >= 11 is 7.83. The van der Waals surface area contributed by atoms with E-state index < -0.39 is 0 Å². The number of halogens is 1. The van der Waals surface area contributed by atoms with Crippen LogP contribution in [0.25, 0.3) is 10.2 Å². The molecule has 156 valence electrons. The zero-order valence-electron chi connectivity index (χ0n) is 16.4. The van der Waals surface area contributed by atoms with Crippen LogP contribution in [0, 0.1) is 0 Å². The van der Waals surface area contributed by atoms with Crippen molar-refractivity contribution in [1.82, 2.24) is 9.88 Å². The number of ether oxygens (including phenoxy) is 3. The third-order valence-corrected chi connectivity index (χ3v) is 6.66. The lowest BCUT2D eigenvalue weighted by atomic mass is 10.1. The summed E-state index contributed by atoms with van der Waals surface area (Å²) in [6, 6.07) is 9.16.